The van der Waals surface area contributed by atoms with Gasteiger partial charge in [-0.1, -0.05) is 89.8 Å². The molecule has 1 atom stereocenters. The Bertz CT molecular complexity index is 1720. The molecule has 2 aliphatic heterocycles. The zero-order valence-electron chi connectivity index (χ0n) is 28.7. The molecule has 0 fully saturated rings. The number of fused-ring (bicyclic) bond motifs is 6. The highest BCUT2D eigenvalue weighted by molar-refractivity contribution is 5.97. The van der Waals surface area contributed by atoms with E-state index in [-0.39, 0.29) is 11.8 Å². The van der Waals surface area contributed by atoms with Gasteiger partial charge in [0.2, 0.25) is 0 Å². The van der Waals surface area contributed by atoms with E-state index >= 15 is 0 Å². The number of anilines is 3. The third-order valence-corrected chi connectivity index (χ3v) is 9.84. The molecule has 0 aliphatic carbocycles. The Labute approximate surface area is 285 Å². The molecule has 0 bridgehead atoms. The van der Waals surface area contributed by atoms with Gasteiger partial charge in [-0.2, -0.15) is 0 Å². The fourth-order valence-electron chi connectivity index (χ4n) is 7.19. The smallest absolute Gasteiger partial charge is 0.340 e. The van der Waals surface area contributed by atoms with Crippen LogP contribution in [0.1, 0.15) is 117 Å². The van der Waals surface area contributed by atoms with E-state index in [9.17, 15) is 9.18 Å². The average molecular weight is 649 g/mol. The molecule has 5 nitrogen and oxygen atoms in total. The van der Waals surface area contributed by atoms with Crippen LogP contribution in [0.3, 0.4) is 0 Å². The molecule has 2 aliphatic rings. The van der Waals surface area contributed by atoms with Gasteiger partial charge in [0, 0.05) is 52.9 Å². The molecule has 0 aromatic heterocycles. The highest BCUT2D eigenvalue weighted by atomic mass is 19.1. The van der Waals surface area contributed by atoms with Crippen LogP contribution in [0.4, 0.5) is 21.5 Å². The van der Waals surface area contributed by atoms with Crippen molar-refractivity contribution in [3.05, 3.63) is 112 Å². The fraction of sp³-hybridized carbons (Fsp3) is 0.405. The van der Waals surface area contributed by atoms with E-state index in [1.807, 2.05) is 43.3 Å². The van der Waals surface area contributed by atoms with Gasteiger partial charge in [-0.05, 0) is 79.9 Å². The van der Waals surface area contributed by atoms with Crippen molar-refractivity contribution in [1.82, 2.24) is 0 Å². The summed E-state index contributed by atoms with van der Waals surface area (Å²) in [5.74, 6) is 0.733. The minimum absolute atomic E-state index is 0.289. The van der Waals surface area contributed by atoms with Crippen molar-refractivity contribution in [3.63, 3.8) is 0 Å². The van der Waals surface area contributed by atoms with Crippen LogP contribution in [-0.2, 0) is 10.3 Å². The third-order valence-electron chi connectivity index (χ3n) is 9.84. The standard InChI is InChI=1S/C42H49FN2O3/c1-4-6-8-10-12-16-26-45(25-15-11-9-7-5-2)33-23-24-36-40(28-33)47-39-27-30(3)38(44-32-21-19-31(43)20-22-32)29-37(39)42(36)35-18-14-13-17-34(35)41(46)48-42/h13-14,17-24,27-29,44H,4-12,15-16,25-26H2,1-3H3. The van der Waals surface area contributed by atoms with Gasteiger partial charge in [0.15, 0.2) is 5.60 Å². The molecule has 6 rings (SSSR count). The van der Waals surface area contributed by atoms with Crippen molar-refractivity contribution >= 4 is 23.0 Å². The number of hydrogen-bond acceptors (Lipinski definition) is 5. The molecule has 1 spiro atoms. The van der Waals surface area contributed by atoms with Gasteiger partial charge < -0.3 is 19.7 Å². The van der Waals surface area contributed by atoms with Crippen molar-refractivity contribution in [2.45, 2.75) is 97.0 Å². The molecular formula is C42H49FN2O3. The molecule has 0 amide bonds. The van der Waals surface area contributed by atoms with Crippen LogP contribution in [0.2, 0.25) is 0 Å². The first-order chi connectivity index (χ1) is 23.4. The zero-order valence-corrected chi connectivity index (χ0v) is 28.7. The number of nitrogens with one attached hydrogen (secondary N) is 1. The molecule has 4 aromatic carbocycles. The van der Waals surface area contributed by atoms with Crippen LogP contribution in [0, 0.1) is 12.7 Å². The summed E-state index contributed by atoms with van der Waals surface area (Å²) in [6.07, 6.45) is 13.8. The number of halogens is 1. The number of carbonyl (C=O) groups is 1. The average Bonchev–Trinajstić information content (AvgIpc) is 3.39. The summed E-state index contributed by atoms with van der Waals surface area (Å²) in [7, 11) is 0. The van der Waals surface area contributed by atoms with E-state index in [1.165, 1.54) is 69.9 Å². The second-order valence-electron chi connectivity index (χ2n) is 13.4. The first-order valence-corrected chi connectivity index (χ1v) is 18.0. The Balaban J connectivity index is 1.37. The van der Waals surface area contributed by atoms with Gasteiger partial charge in [0.1, 0.15) is 17.3 Å². The number of carbonyl (C=O) groups excluding carboxylic acids is 1. The summed E-state index contributed by atoms with van der Waals surface area (Å²) < 4.78 is 26.9. The van der Waals surface area contributed by atoms with Crippen molar-refractivity contribution < 1.29 is 18.7 Å². The van der Waals surface area contributed by atoms with Gasteiger partial charge in [0.25, 0.3) is 0 Å². The molecular weight excluding hydrogens is 599 g/mol. The number of esters is 1. The number of nitrogens with zero attached hydrogens (tertiary/aromatic N) is 1. The minimum atomic E-state index is -1.16. The first kappa shape index (κ1) is 33.6. The van der Waals surface area contributed by atoms with Crippen molar-refractivity contribution in [2.24, 2.45) is 0 Å². The lowest BCUT2D eigenvalue weighted by Crippen LogP contribution is -2.33. The number of hydrogen-bond donors (Lipinski definition) is 1. The monoisotopic (exact) mass is 648 g/mol. The Morgan fingerprint density at radius 1 is 0.708 bits per heavy atom. The maximum Gasteiger partial charge on any atom is 0.340 e. The highest BCUT2D eigenvalue weighted by Crippen LogP contribution is 2.57. The topological polar surface area (TPSA) is 50.8 Å². The number of rotatable bonds is 16. The maximum atomic E-state index is 13.7. The number of aryl methyl sites for hydroxylation is 1. The Kier molecular flexibility index (Phi) is 10.7. The lowest BCUT2D eigenvalue weighted by molar-refractivity contribution is 0.0224. The summed E-state index contributed by atoms with van der Waals surface area (Å²) in [5.41, 5.74) is 5.48. The number of benzene rings is 4. The zero-order chi connectivity index (χ0) is 33.5. The largest absolute Gasteiger partial charge is 0.456 e. The lowest BCUT2D eigenvalue weighted by atomic mass is 9.77. The van der Waals surface area contributed by atoms with Gasteiger partial charge in [-0.3, -0.25) is 0 Å². The van der Waals surface area contributed by atoms with Gasteiger partial charge in [-0.15, -0.1) is 0 Å². The van der Waals surface area contributed by atoms with Crippen LogP contribution in [0.15, 0.2) is 78.9 Å². The summed E-state index contributed by atoms with van der Waals surface area (Å²) in [6, 6.07) is 24.4. The third kappa shape index (κ3) is 6.94. The second-order valence-corrected chi connectivity index (χ2v) is 13.4. The predicted molar refractivity (Wildman–Crippen MR) is 193 cm³/mol. The fourth-order valence-corrected chi connectivity index (χ4v) is 7.19. The molecule has 0 radical (unpaired) electrons. The highest BCUT2D eigenvalue weighted by Gasteiger charge is 2.53. The quantitative estimate of drug-likeness (QED) is 0.0968. The van der Waals surface area contributed by atoms with Gasteiger partial charge in [-0.25, -0.2) is 9.18 Å². The lowest BCUT2D eigenvalue weighted by Gasteiger charge is -2.38. The van der Waals surface area contributed by atoms with E-state index in [0.29, 0.717) is 17.1 Å². The summed E-state index contributed by atoms with van der Waals surface area (Å²) >= 11 is 0. The van der Waals surface area contributed by atoms with Crippen LogP contribution < -0.4 is 15.0 Å². The second kappa shape index (κ2) is 15.3. The molecule has 0 saturated carbocycles. The van der Waals surface area contributed by atoms with Crippen LogP contribution >= 0.6 is 0 Å². The van der Waals surface area contributed by atoms with E-state index < -0.39 is 5.60 Å². The number of unbranched alkanes of at least 4 members (excludes halogenated alkanes) is 9. The molecule has 2 heterocycles. The van der Waals surface area contributed by atoms with Crippen molar-refractivity contribution in [1.29, 1.82) is 0 Å². The van der Waals surface area contributed by atoms with E-state index in [0.717, 1.165) is 65.2 Å². The Morgan fingerprint density at radius 2 is 1.35 bits per heavy atom. The molecule has 6 heteroatoms. The Morgan fingerprint density at radius 3 is 2.06 bits per heavy atom. The van der Waals surface area contributed by atoms with Crippen molar-refractivity contribution in [3.8, 4) is 11.5 Å². The van der Waals surface area contributed by atoms with Crippen LogP contribution in [0.25, 0.3) is 0 Å². The first-order valence-electron chi connectivity index (χ1n) is 18.0. The molecule has 0 saturated heterocycles. The maximum absolute atomic E-state index is 13.7. The Hall–Kier alpha value is -4.32. The normalized spacial score (nSPS) is 15.8. The SMILES string of the molecule is CCCCCCCCN(CCCCCCC)c1ccc2c(c1)Oc1cc(C)c(Nc3ccc(F)cc3)cc1C21OC(=O)c2ccccc21. The molecule has 1 N–H and O–H groups in total. The minimum Gasteiger partial charge on any atom is -0.456 e. The molecule has 48 heavy (non-hydrogen) atoms. The van der Waals surface area contributed by atoms with Crippen molar-refractivity contribution in [2.75, 3.05) is 23.3 Å². The summed E-state index contributed by atoms with van der Waals surface area (Å²) in [6.45, 7) is 8.55. The number of ether oxygens (including phenoxy) is 2. The van der Waals surface area contributed by atoms with E-state index in [2.05, 4.69) is 42.3 Å². The summed E-state index contributed by atoms with van der Waals surface area (Å²) in [5, 5.41) is 3.44. The predicted octanol–water partition coefficient (Wildman–Crippen LogP) is 11.6. The van der Waals surface area contributed by atoms with Crippen LogP contribution in [-0.4, -0.2) is 19.1 Å². The molecule has 1 unspecified atom stereocenters. The van der Waals surface area contributed by atoms with E-state index in [1.54, 1.807) is 12.1 Å². The van der Waals surface area contributed by atoms with E-state index in [4.69, 9.17) is 9.47 Å². The molecule has 252 valence electrons. The van der Waals surface area contributed by atoms with Crippen LogP contribution in [0.5, 0.6) is 11.5 Å². The summed E-state index contributed by atoms with van der Waals surface area (Å²) in [4.78, 5) is 16.0. The molecule has 4 aromatic rings. The van der Waals surface area contributed by atoms with Gasteiger partial charge in [0.05, 0.1) is 5.56 Å². The van der Waals surface area contributed by atoms with Gasteiger partial charge >= 0.3 is 5.97 Å².